The van der Waals surface area contributed by atoms with Gasteiger partial charge in [0.05, 0.1) is 12.3 Å². The summed E-state index contributed by atoms with van der Waals surface area (Å²) >= 11 is 0. The lowest BCUT2D eigenvalue weighted by molar-refractivity contribution is -0.145. The fourth-order valence-electron chi connectivity index (χ4n) is 3.14. The van der Waals surface area contributed by atoms with Crippen molar-refractivity contribution in [2.45, 2.75) is 25.7 Å². The molecule has 0 saturated heterocycles. The summed E-state index contributed by atoms with van der Waals surface area (Å²) < 4.78 is 32.8. The topological polar surface area (TPSA) is 93.5 Å². The van der Waals surface area contributed by atoms with Crippen LogP contribution in [0.4, 0.5) is 0 Å². The third kappa shape index (κ3) is 2.59. The van der Waals surface area contributed by atoms with Gasteiger partial charge in [0.25, 0.3) is 0 Å². The molecule has 7 heteroatoms. The third-order valence-electron chi connectivity index (χ3n) is 4.26. The molecule has 0 spiro atoms. The van der Waals surface area contributed by atoms with Crippen LogP contribution in [0.3, 0.4) is 0 Å². The molecule has 23 heavy (non-hydrogen) atoms. The van der Waals surface area contributed by atoms with Gasteiger partial charge in [-0.2, -0.15) is 13.7 Å². The fraction of sp³-hybridized carbons (Fsp3) is 0.375. The van der Waals surface area contributed by atoms with Crippen LogP contribution in [0.15, 0.2) is 29.8 Å². The second kappa shape index (κ2) is 5.10. The van der Waals surface area contributed by atoms with Crippen LogP contribution in [-0.4, -0.2) is 20.6 Å². The van der Waals surface area contributed by atoms with Gasteiger partial charge in [-0.15, -0.1) is 0 Å². The minimum atomic E-state index is -3.66. The van der Waals surface area contributed by atoms with Gasteiger partial charge in [-0.1, -0.05) is 11.6 Å². The smallest absolute Gasteiger partial charge is 0.332 e. The Balaban J connectivity index is 2.13. The monoisotopic (exact) mass is 333 g/mol. The van der Waals surface area contributed by atoms with E-state index in [1.807, 2.05) is 13.0 Å². The van der Waals surface area contributed by atoms with E-state index < -0.39 is 21.5 Å². The maximum absolute atomic E-state index is 12.4. The SMILES string of the molecule is CC1=CC[C@]2(C#N)C(=O)Oc3ccc(OS(C)(=O)=O)cc3[C@@H]2C1. The van der Waals surface area contributed by atoms with Crippen LogP contribution >= 0.6 is 0 Å². The Morgan fingerprint density at radius 3 is 2.83 bits per heavy atom. The van der Waals surface area contributed by atoms with Crippen molar-refractivity contribution in [1.82, 2.24) is 0 Å². The molecule has 0 aromatic heterocycles. The van der Waals surface area contributed by atoms with Gasteiger partial charge in [0.2, 0.25) is 0 Å². The molecule has 0 radical (unpaired) electrons. The lowest BCUT2D eigenvalue weighted by Crippen LogP contribution is -2.44. The van der Waals surface area contributed by atoms with E-state index in [1.165, 1.54) is 18.2 Å². The highest BCUT2D eigenvalue weighted by molar-refractivity contribution is 7.86. The number of allylic oxidation sites excluding steroid dienone is 2. The van der Waals surface area contributed by atoms with E-state index in [0.717, 1.165) is 11.8 Å². The van der Waals surface area contributed by atoms with Crippen LogP contribution in [-0.2, 0) is 14.9 Å². The zero-order valence-corrected chi connectivity index (χ0v) is 13.5. The Kier molecular flexibility index (Phi) is 3.45. The quantitative estimate of drug-likeness (QED) is 0.357. The second-order valence-corrected chi connectivity index (χ2v) is 7.55. The molecule has 1 aromatic rings. The maximum atomic E-state index is 12.4. The zero-order valence-electron chi connectivity index (χ0n) is 12.7. The van der Waals surface area contributed by atoms with Crippen LogP contribution in [0, 0.1) is 16.7 Å². The van der Waals surface area contributed by atoms with Crippen molar-refractivity contribution >= 4 is 16.1 Å². The lowest BCUT2D eigenvalue weighted by atomic mass is 9.64. The van der Waals surface area contributed by atoms with Crippen molar-refractivity contribution in [1.29, 1.82) is 5.26 Å². The van der Waals surface area contributed by atoms with Crippen molar-refractivity contribution in [3.05, 3.63) is 35.4 Å². The summed E-state index contributed by atoms with van der Waals surface area (Å²) in [6.07, 6.45) is 3.66. The number of fused-ring (bicyclic) bond motifs is 3. The highest BCUT2D eigenvalue weighted by Crippen LogP contribution is 2.53. The average molecular weight is 333 g/mol. The molecule has 1 aliphatic carbocycles. The highest BCUT2D eigenvalue weighted by atomic mass is 32.2. The third-order valence-corrected chi connectivity index (χ3v) is 4.76. The first kappa shape index (κ1) is 15.6. The Bertz CT molecular complexity index is 865. The molecule has 0 amide bonds. The number of hydrogen-bond acceptors (Lipinski definition) is 6. The van der Waals surface area contributed by atoms with E-state index in [0.29, 0.717) is 17.7 Å². The number of nitriles is 1. The van der Waals surface area contributed by atoms with Crippen LogP contribution in [0.2, 0.25) is 0 Å². The molecule has 2 atom stereocenters. The van der Waals surface area contributed by atoms with Crippen LogP contribution in [0.5, 0.6) is 11.5 Å². The minimum Gasteiger partial charge on any atom is -0.425 e. The lowest BCUT2D eigenvalue weighted by Gasteiger charge is -2.40. The molecule has 0 unspecified atom stereocenters. The summed E-state index contributed by atoms with van der Waals surface area (Å²) in [5.41, 5.74) is 0.437. The molecule has 1 aliphatic heterocycles. The predicted octanol–water partition coefficient (Wildman–Crippen LogP) is 2.28. The fourth-order valence-corrected chi connectivity index (χ4v) is 3.59. The van der Waals surface area contributed by atoms with Crippen molar-refractivity contribution < 1.29 is 22.1 Å². The first-order valence-electron chi connectivity index (χ1n) is 7.08. The number of carbonyl (C=O) groups excluding carboxylic acids is 1. The molecule has 6 nitrogen and oxygen atoms in total. The number of esters is 1. The van der Waals surface area contributed by atoms with Crippen molar-refractivity contribution in [3.63, 3.8) is 0 Å². The van der Waals surface area contributed by atoms with E-state index in [9.17, 15) is 18.5 Å². The molecule has 1 aromatic carbocycles. The molecule has 3 rings (SSSR count). The molecule has 1 heterocycles. The molecule has 0 N–H and O–H groups in total. The Morgan fingerprint density at radius 1 is 1.43 bits per heavy atom. The first-order valence-corrected chi connectivity index (χ1v) is 8.89. The van der Waals surface area contributed by atoms with Gasteiger partial charge >= 0.3 is 16.1 Å². The van der Waals surface area contributed by atoms with E-state index in [4.69, 9.17) is 8.92 Å². The summed E-state index contributed by atoms with van der Waals surface area (Å²) in [6, 6.07) is 6.59. The van der Waals surface area contributed by atoms with E-state index in [1.54, 1.807) is 0 Å². The molecule has 0 bridgehead atoms. The molecular formula is C16H15NO5S. The van der Waals surface area contributed by atoms with E-state index in [-0.39, 0.29) is 18.1 Å². The van der Waals surface area contributed by atoms with Gasteiger partial charge in [-0.3, -0.25) is 0 Å². The minimum absolute atomic E-state index is 0.142. The average Bonchev–Trinajstić information content (AvgIpc) is 2.47. The Labute approximate surface area is 134 Å². The number of ether oxygens (including phenoxy) is 1. The van der Waals surface area contributed by atoms with Gasteiger partial charge in [0, 0.05) is 11.5 Å². The van der Waals surface area contributed by atoms with Gasteiger partial charge in [-0.25, -0.2) is 4.79 Å². The number of hydrogen-bond donors (Lipinski definition) is 0. The van der Waals surface area contributed by atoms with Gasteiger partial charge in [0.15, 0.2) is 5.41 Å². The number of benzene rings is 1. The maximum Gasteiger partial charge on any atom is 0.332 e. The molecule has 120 valence electrons. The summed E-state index contributed by atoms with van der Waals surface area (Å²) in [4.78, 5) is 12.4. The van der Waals surface area contributed by atoms with Crippen LogP contribution < -0.4 is 8.92 Å². The van der Waals surface area contributed by atoms with E-state index >= 15 is 0 Å². The largest absolute Gasteiger partial charge is 0.425 e. The van der Waals surface area contributed by atoms with Gasteiger partial charge in [0.1, 0.15) is 11.5 Å². The predicted molar refractivity (Wildman–Crippen MR) is 81.3 cm³/mol. The summed E-state index contributed by atoms with van der Waals surface area (Å²) in [6.45, 7) is 1.94. The van der Waals surface area contributed by atoms with E-state index in [2.05, 4.69) is 6.07 Å². The van der Waals surface area contributed by atoms with Crippen LogP contribution in [0.1, 0.15) is 31.2 Å². The molecule has 2 aliphatic rings. The normalized spacial score (nSPS) is 26.2. The molecule has 0 fully saturated rings. The Hall–Kier alpha value is -2.33. The zero-order chi connectivity index (χ0) is 16.8. The molecular weight excluding hydrogens is 318 g/mol. The highest BCUT2D eigenvalue weighted by Gasteiger charge is 2.53. The number of nitrogens with zero attached hydrogens (tertiary/aromatic N) is 1. The standard InChI is InChI=1S/C16H15NO5S/c1-10-5-6-16(9-17)13(7-10)12-8-11(22-23(2,19)20)3-4-14(12)21-15(16)18/h3-5,8,13H,6-7H2,1-2H3/t13-,16+/m0/s1. The summed E-state index contributed by atoms with van der Waals surface area (Å²) in [7, 11) is -3.66. The number of rotatable bonds is 2. The Morgan fingerprint density at radius 2 is 2.17 bits per heavy atom. The summed E-state index contributed by atoms with van der Waals surface area (Å²) in [5.74, 6) is -0.445. The first-order chi connectivity index (χ1) is 10.7. The molecule has 0 saturated carbocycles. The summed E-state index contributed by atoms with van der Waals surface area (Å²) in [5, 5.41) is 9.61. The number of carbonyl (C=O) groups is 1. The second-order valence-electron chi connectivity index (χ2n) is 5.97. The van der Waals surface area contributed by atoms with Crippen LogP contribution in [0.25, 0.3) is 0 Å². The van der Waals surface area contributed by atoms with Crippen molar-refractivity contribution in [2.75, 3.05) is 6.26 Å². The van der Waals surface area contributed by atoms with Crippen molar-refractivity contribution in [2.24, 2.45) is 5.41 Å². The van der Waals surface area contributed by atoms with Crippen molar-refractivity contribution in [3.8, 4) is 17.6 Å². The van der Waals surface area contributed by atoms with Gasteiger partial charge < -0.3 is 8.92 Å². The van der Waals surface area contributed by atoms with Gasteiger partial charge in [-0.05, 0) is 38.0 Å².